The number of rotatable bonds is 2. The van der Waals surface area contributed by atoms with Gasteiger partial charge in [0.15, 0.2) is 0 Å². The second-order valence-corrected chi connectivity index (χ2v) is 34.7. The van der Waals surface area contributed by atoms with Gasteiger partial charge in [-0.25, -0.2) is 0 Å². The minimum atomic E-state index is -2.91. The Balaban J connectivity index is 1.58. The third kappa shape index (κ3) is 0.0641. The minimum absolute atomic E-state index is 0.862. The number of hydrogen-bond donors (Lipinski definition) is 0. The van der Waals surface area contributed by atoms with Gasteiger partial charge in [0.2, 0.25) is 0 Å². The average molecular weight is 280 g/mol. The molecule has 1 aromatic rings. The van der Waals surface area contributed by atoms with Crippen LogP contribution in [0.3, 0.4) is 0 Å². The van der Waals surface area contributed by atoms with Crippen LogP contribution in [0.1, 0.15) is 12.7 Å². The predicted molar refractivity (Wildman–Crippen MR) is 63.3 cm³/mol. The SMILES string of the molecule is CCc1nccn1[C]12[CH]3[CH]4[CH]5[CH]1[Fe]45321678[CH]2[CH]1[CH]6[CH]7[CH]28. The second kappa shape index (κ2) is 0.538. The summed E-state index contributed by atoms with van der Waals surface area (Å²) in [5.41, 5.74) is 0. The van der Waals surface area contributed by atoms with E-state index in [1.54, 1.807) is 0 Å². The quantitative estimate of drug-likeness (QED) is 0.755. The van der Waals surface area contributed by atoms with Gasteiger partial charge in [-0.2, -0.15) is 0 Å². The van der Waals surface area contributed by atoms with Gasteiger partial charge < -0.3 is 0 Å². The van der Waals surface area contributed by atoms with Crippen molar-refractivity contribution >= 4 is 0 Å². The van der Waals surface area contributed by atoms with E-state index in [-0.39, 0.29) is 0 Å². The molecule has 18 heavy (non-hydrogen) atoms. The van der Waals surface area contributed by atoms with Crippen molar-refractivity contribution in [3.63, 3.8) is 0 Å². The Labute approximate surface area is 95.4 Å². The molecule has 11 heterocycles. The van der Waals surface area contributed by atoms with Crippen molar-refractivity contribution in [1.82, 2.24) is 9.55 Å². The number of imidazole rings is 1. The standard InChI is InChI=1S/C10H11N2.C5H5.Fe/c1-2-10-11-7-8-12(10)9-5-3-4-6-9;1-2-4-5-3-1;/h3-8H,2H2,1H3;1-5H;. The number of aromatic nitrogens is 2. The van der Waals surface area contributed by atoms with E-state index in [0.717, 1.165) is 10.9 Å². The molecule has 0 radical (unpaired) electrons. The van der Waals surface area contributed by atoms with E-state index in [2.05, 4.69) is 23.9 Å². The van der Waals surface area contributed by atoms with Gasteiger partial charge in [-0.15, -0.1) is 0 Å². The first-order valence-corrected chi connectivity index (χ1v) is 14.1. The maximum absolute atomic E-state index is 4.71. The number of nitrogens with zero attached hydrogens (tertiary/aromatic N) is 2. The summed E-state index contributed by atoms with van der Waals surface area (Å²) in [4.78, 5) is 17.5. The fraction of sp³-hybridized carbons (Fsp3) is 0.800. The summed E-state index contributed by atoms with van der Waals surface area (Å²) in [7, 11) is 0. The van der Waals surface area contributed by atoms with E-state index in [4.69, 9.17) is 4.98 Å². The number of aryl methyl sites for hydroxylation is 1. The Kier molecular flexibility index (Phi) is 0.193. The molecule has 3 heteroatoms. The van der Waals surface area contributed by atoms with E-state index in [9.17, 15) is 0 Å². The van der Waals surface area contributed by atoms with Crippen LogP contribution in [0.15, 0.2) is 12.4 Å². The zero-order chi connectivity index (χ0) is 11.0. The molecule has 10 aliphatic rings. The van der Waals surface area contributed by atoms with Crippen LogP contribution < -0.4 is 0 Å². The van der Waals surface area contributed by atoms with Crippen molar-refractivity contribution in [2.24, 2.45) is 0 Å². The van der Waals surface area contributed by atoms with E-state index >= 15 is 0 Å². The molecule has 11 rings (SSSR count). The molecule has 10 saturated heterocycles. The first-order valence-electron chi connectivity index (χ1n) is 7.84. The third-order valence-electron chi connectivity index (χ3n) is 16.0. The molecule has 0 bridgehead atoms. The number of fused-ring (bicyclic) bond motifs is 10. The fourth-order valence-corrected chi connectivity index (χ4v) is 91.2. The van der Waals surface area contributed by atoms with Crippen LogP contribution in [0.25, 0.3) is 0 Å². The van der Waals surface area contributed by atoms with Crippen molar-refractivity contribution in [3.05, 3.63) is 18.2 Å². The van der Waals surface area contributed by atoms with Gasteiger partial charge in [0.25, 0.3) is 0 Å². The molecule has 1 spiro atoms. The second-order valence-electron chi connectivity index (χ2n) is 11.2. The summed E-state index contributed by atoms with van der Waals surface area (Å²) in [6.45, 7) is -0.605. The Morgan fingerprint density at radius 1 is 1.11 bits per heavy atom. The maximum atomic E-state index is 4.71. The first-order chi connectivity index (χ1) is 8.60. The molecule has 94 valence electrons. The summed E-state index contributed by atoms with van der Waals surface area (Å²) in [6, 6.07) is 0. The Hall–Kier alpha value is -0.271. The van der Waals surface area contributed by atoms with E-state index in [1.165, 1.54) is 49.2 Å². The van der Waals surface area contributed by atoms with Crippen LogP contribution in [0.4, 0.5) is 0 Å². The van der Waals surface area contributed by atoms with Gasteiger partial charge in [0.05, 0.1) is 0 Å². The molecule has 0 amide bonds. The van der Waals surface area contributed by atoms with Crippen molar-refractivity contribution < 1.29 is 6.51 Å². The van der Waals surface area contributed by atoms with Gasteiger partial charge in [0.1, 0.15) is 0 Å². The number of hydrogen-bond acceptors (Lipinski definition) is 1. The van der Waals surface area contributed by atoms with Crippen LogP contribution in [0.2, 0.25) is 43.3 Å². The summed E-state index contributed by atoms with van der Waals surface area (Å²) in [6.07, 6.45) is 5.69. The van der Waals surface area contributed by atoms with Gasteiger partial charge in [-0.3, -0.25) is 0 Å². The molecule has 10 fully saturated rings. The van der Waals surface area contributed by atoms with Gasteiger partial charge in [-0.05, 0) is 0 Å². The average Bonchev–Trinajstić information content (AvgIpc) is 3.32. The molecule has 1 aromatic heterocycles. The monoisotopic (exact) mass is 280 g/mol. The van der Waals surface area contributed by atoms with Crippen LogP contribution in [-0.2, 0) is 17.4 Å². The molecule has 2 nitrogen and oxygen atoms in total. The molecule has 4 unspecified atom stereocenters. The molecular formula is C15H16FeN2. The Morgan fingerprint density at radius 3 is 2.11 bits per heavy atom. The molecule has 4 atom stereocenters. The summed E-state index contributed by atoms with van der Waals surface area (Å²) >= 11 is 0. The Morgan fingerprint density at radius 2 is 1.72 bits per heavy atom. The topological polar surface area (TPSA) is 17.8 Å². The van der Waals surface area contributed by atoms with Gasteiger partial charge in [-0.1, -0.05) is 0 Å². The van der Waals surface area contributed by atoms with Crippen LogP contribution in [-0.4, -0.2) is 9.55 Å². The molecule has 0 aliphatic carbocycles. The molecular weight excluding hydrogens is 264 g/mol. The van der Waals surface area contributed by atoms with Crippen LogP contribution in [0, 0.1) is 0 Å². The normalized spacial score (nSPS) is 113. The predicted octanol–water partition coefficient (Wildman–Crippen LogP) is 3.70. The molecule has 0 N–H and O–H groups in total. The van der Waals surface area contributed by atoms with Crippen LogP contribution >= 0.6 is 0 Å². The third-order valence-corrected chi connectivity index (χ3v) is 58.1. The van der Waals surface area contributed by atoms with E-state index in [0.29, 0.717) is 0 Å². The fourth-order valence-electron chi connectivity index (χ4n) is 17.6. The summed E-state index contributed by atoms with van der Waals surface area (Å²) < 4.78 is 3.71. The van der Waals surface area contributed by atoms with Crippen molar-refractivity contribution in [1.29, 1.82) is 0 Å². The molecule has 0 saturated carbocycles. The van der Waals surface area contributed by atoms with E-state index in [1.807, 2.05) is 0 Å². The van der Waals surface area contributed by atoms with Crippen molar-refractivity contribution in [2.45, 2.75) is 61.1 Å². The Bertz CT molecular complexity index is 1060. The van der Waals surface area contributed by atoms with Crippen molar-refractivity contribution in [3.8, 4) is 0 Å². The van der Waals surface area contributed by atoms with E-state index < -0.39 is 6.51 Å². The molecule has 10 aliphatic heterocycles. The van der Waals surface area contributed by atoms with Crippen molar-refractivity contribution in [2.75, 3.05) is 0 Å². The summed E-state index contributed by atoms with van der Waals surface area (Å²) in [5.74, 6) is 1.45. The first kappa shape index (κ1) is 6.45. The van der Waals surface area contributed by atoms with Gasteiger partial charge >= 0.3 is 95.4 Å². The summed E-state index contributed by atoms with van der Waals surface area (Å²) in [5, 5.41) is 0. The molecule has 0 aromatic carbocycles. The zero-order valence-corrected chi connectivity index (χ0v) is 11.4. The zero-order valence-electron chi connectivity index (χ0n) is 10.3. The van der Waals surface area contributed by atoms with Gasteiger partial charge in [0, 0.05) is 0 Å². The van der Waals surface area contributed by atoms with Crippen LogP contribution in [0.5, 0.6) is 0 Å².